The zero-order chi connectivity index (χ0) is 10.7. The van der Waals surface area contributed by atoms with Gasteiger partial charge in [0.25, 0.3) is 0 Å². The van der Waals surface area contributed by atoms with Crippen LogP contribution in [-0.2, 0) is 26.2 Å². The van der Waals surface area contributed by atoms with Crippen LogP contribution in [0.5, 0.6) is 0 Å². The second-order valence-corrected chi connectivity index (χ2v) is 3.75. The monoisotopic (exact) mass is 269 g/mol. The van der Waals surface area contributed by atoms with Crippen molar-refractivity contribution in [2.75, 3.05) is 0 Å². The SMILES string of the molecule is [CH2-]C(C)C.[CH2-]C(C)C.[Zr+3].c1cc[cH-]c1. The van der Waals surface area contributed by atoms with Crippen molar-refractivity contribution >= 4 is 0 Å². The summed E-state index contributed by atoms with van der Waals surface area (Å²) in [5, 5.41) is 0. The Hall–Kier alpha value is 0.233. The van der Waals surface area contributed by atoms with Gasteiger partial charge in [-0.1, -0.05) is 27.7 Å². The predicted molar refractivity (Wildman–Crippen MR) is 62.4 cm³/mol. The summed E-state index contributed by atoms with van der Waals surface area (Å²) in [6.07, 6.45) is 0. The molecule has 0 unspecified atom stereocenters. The van der Waals surface area contributed by atoms with Gasteiger partial charge in [-0.15, -0.1) is 0 Å². The zero-order valence-electron chi connectivity index (χ0n) is 9.96. The van der Waals surface area contributed by atoms with Crippen LogP contribution in [0.2, 0.25) is 0 Å². The Kier molecular flexibility index (Phi) is 22.1. The summed E-state index contributed by atoms with van der Waals surface area (Å²) >= 11 is 0. The van der Waals surface area contributed by atoms with Crippen molar-refractivity contribution in [2.24, 2.45) is 11.8 Å². The molecule has 79 valence electrons. The molecule has 14 heavy (non-hydrogen) atoms. The molecular weight excluding hydrogens is 247 g/mol. The quantitative estimate of drug-likeness (QED) is 0.615. The molecule has 0 saturated heterocycles. The molecule has 0 aliphatic carbocycles. The fourth-order valence-electron chi connectivity index (χ4n) is 0.321. The molecule has 1 rings (SSSR count). The maximum absolute atomic E-state index is 3.64. The molecule has 1 aromatic rings. The van der Waals surface area contributed by atoms with E-state index >= 15 is 0 Å². The van der Waals surface area contributed by atoms with Crippen LogP contribution < -0.4 is 0 Å². The first-order valence-electron chi connectivity index (χ1n) is 4.79. The van der Waals surface area contributed by atoms with Gasteiger partial charge >= 0.3 is 26.2 Å². The fraction of sp³-hybridized carbons (Fsp3) is 0.462. The smallest absolute Gasteiger partial charge is 0.341 e. The van der Waals surface area contributed by atoms with E-state index in [-0.39, 0.29) is 26.2 Å². The standard InChI is InChI=1S/C5H5.2C4H9.Zr/c1-2-4-5-3-1;2*1-4(2)3;/h1-5H;2*4H,1H2,2-3H3;/q3*-1;+3. The van der Waals surface area contributed by atoms with Gasteiger partial charge in [0.05, 0.1) is 0 Å². The van der Waals surface area contributed by atoms with Crippen molar-refractivity contribution in [3.63, 3.8) is 0 Å². The van der Waals surface area contributed by atoms with Gasteiger partial charge in [0.2, 0.25) is 0 Å². The summed E-state index contributed by atoms with van der Waals surface area (Å²) in [6, 6.07) is 10.0. The average molecular weight is 271 g/mol. The summed E-state index contributed by atoms with van der Waals surface area (Å²) in [5.41, 5.74) is 0. The Morgan fingerprint density at radius 3 is 1.14 bits per heavy atom. The normalized spacial score (nSPS) is 8.00. The van der Waals surface area contributed by atoms with Crippen LogP contribution >= 0.6 is 0 Å². The van der Waals surface area contributed by atoms with Gasteiger partial charge in [-0.2, -0.15) is 30.0 Å². The molecule has 0 nitrogen and oxygen atoms in total. The van der Waals surface area contributed by atoms with E-state index in [4.69, 9.17) is 0 Å². The maximum Gasteiger partial charge on any atom is 3.00 e. The van der Waals surface area contributed by atoms with Crippen LogP contribution in [0.3, 0.4) is 0 Å². The van der Waals surface area contributed by atoms with Crippen molar-refractivity contribution in [2.45, 2.75) is 27.7 Å². The summed E-state index contributed by atoms with van der Waals surface area (Å²) in [4.78, 5) is 0. The van der Waals surface area contributed by atoms with E-state index in [1.807, 2.05) is 30.3 Å². The minimum atomic E-state index is 0. The van der Waals surface area contributed by atoms with Crippen molar-refractivity contribution in [1.29, 1.82) is 0 Å². The molecule has 0 aliphatic heterocycles. The van der Waals surface area contributed by atoms with E-state index in [1.165, 1.54) is 0 Å². The molecular formula is C13H23Zr. The van der Waals surface area contributed by atoms with Crippen LogP contribution in [0.4, 0.5) is 0 Å². The summed E-state index contributed by atoms with van der Waals surface area (Å²) in [5.74, 6) is 1.17. The largest absolute Gasteiger partial charge is 3.00 e. The predicted octanol–water partition coefficient (Wildman–Crippen LogP) is 4.36. The van der Waals surface area contributed by atoms with Crippen molar-refractivity contribution in [3.05, 3.63) is 44.2 Å². The first-order chi connectivity index (χ1) is 5.96. The van der Waals surface area contributed by atoms with Gasteiger partial charge in [0.15, 0.2) is 0 Å². The van der Waals surface area contributed by atoms with Crippen molar-refractivity contribution < 1.29 is 26.2 Å². The summed E-state index contributed by atoms with van der Waals surface area (Å²) < 4.78 is 0. The van der Waals surface area contributed by atoms with Crippen molar-refractivity contribution in [1.82, 2.24) is 0 Å². The van der Waals surface area contributed by atoms with Crippen LogP contribution in [-0.4, -0.2) is 0 Å². The molecule has 1 aromatic carbocycles. The molecule has 0 bridgehead atoms. The van der Waals surface area contributed by atoms with Gasteiger partial charge in [-0.05, 0) is 0 Å². The number of hydrogen-bond donors (Lipinski definition) is 0. The molecule has 0 saturated carbocycles. The summed E-state index contributed by atoms with van der Waals surface area (Å²) in [6.45, 7) is 15.5. The van der Waals surface area contributed by atoms with Gasteiger partial charge in [0, 0.05) is 0 Å². The third-order valence-electron chi connectivity index (χ3n) is 0.556. The second kappa shape index (κ2) is 15.7. The van der Waals surface area contributed by atoms with E-state index in [1.54, 1.807) is 0 Å². The second-order valence-electron chi connectivity index (χ2n) is 3.75. The Balaban J connectivity index is -0.000000127. The van der Waals surface area contributed by atoms with E-state index in [2.05, 4.69) is 41.5 Å². The molecule has 1 radical (unpaired) electrons. The molecule has 0 aromatic heterocycles. The van der Waals surface area contributed by atoms with Crippen LogP contribution in [0.15, 0.2) is 30.3 Å². The van der Waals surface area contributed by atoms with E-state index in [0.29, 0.717) is 11.8 Å². The van der Waals surface area contributed by atoms with Gasteiger partial charge < -0.3 is 13.8 Å². The molecule has 0 spiro atoms. The Morgan fingerprint density at radius 2 is 1.07 bits per heavy atom. The first-order valence-corrected chi connectivity index (χ1v) is 4.79. The zero-order valence-corrected chi connectivity index (χ0v) is 12.4. The van der Waals surface area contributed by atoms with Crippen LogP contribution in [0, 0.1) is 25.7 Å². The van der Waals surface area contributed by atoms with Crippen molar-refractivity contribution in [3.8, 4) is 0 Å². The topological polar surface area (TPSA) is 0 Å². The van der Waals surface area contributed by atoms with Gasteiger partial charge in [0.1, 0.15) is 0 Å². The van der Waals surface area contributed by atoms with Crippen LogP contribution in [0.1, 0.15) is 27.7 Å². The Labute approximate surface area is 110 Å². The molecule has 0 amide bonds. The Morgan fingerprint density at radius 1 is 0.857 bits per heavy atom. The third-order valence-corrected chi connectivity index (χ3v) is 0.556. The maximum atomic E-state index is 3.64. The fourth-order valence-corrected chi connectivity index (χ4v) is 0.321. The molecule has 0 atom stereocenters. The Bertz CT molecular complexity index is 112. The molecule has 0 fully saturated rings. The van der Waals surface area contributed by atoms with E-state index in [0.717, 1.165) is 0 Å². The average Bonchev–Trinajstić information content (AvgIpc) is 2.35. The van der Waals surface area contributed by atoms with E-state index < -0.39 is 0 Å². The van der Waals surface area contributed by atoms with Gasteiger partial charge in [-0.3, -0.25) is 0 Å². The molecule has 1 heteroatoms. The van der Waals surface area contributed by atoms with E-state index in [9.17, 15) is 0 Å². The first kappa shape index (κ1) is 19.8. The molecule has 0 aliphatic rings. The summed E-state index contributed by atoms with van der Waals surface area (Å²) in [7, 11) is 0. The minimum absolute atomic E-state index is 0. The van der Waals surface area contributed by atoms with Crippen LogP contribution in [0.25, 0.3) is 0 Å². The minimum Gasteiger partial charge on any atom is -0.341 e. The number of hydrogen-bond acceptors (Lipinski definition) is 0. The molecule has 0 heterocycles. The molecule has 0 N–H and O–H groups in total. The number of rotatable bonds is 0. The van der Waals surface area contributed by atoms with Gasteiger partial charge in [-0.25, -0.2) is 12.1 Å². The third kappa shape index (κ3) is 56.4.